The van der Waals surface area contributed by atoms with E-state index < -0.39 is 0 Å². The van der Waals surface area contributed by atoms with Crippen LogP contribution in [0.15, 0.2) is 12.3 Å². The van der Waals surface area contributed by atoms with E-state index in [1.165, 1.54) is 19.3 Å². The number of aryl methyl sites for hydroxylation is 1. The first-order valence-corrected chi connectivity index (χ1v) is 5.74. The van der Waals surface area contributed by atoms with Crippen molar-refractivity contribution in [3.05, 3.63) is 23.4 Å². The Morgan fingerprint density at radius 3 is 2.88 bits per heavy atom. The molecule has 0 radical (unpaired) electrons. The van der Waals surface area contributed by atoms with Gasteiger partial charge in [-0.15, -0.1) is 0 Å². The van der Waals surface area contributed by atoms with E-state index in [1.54, 1.807) is 6.20 Å². The minimum absolute atomic E-state index is 0.401. The van der Waals surface area contributed by atoms with Gasteiger partial charge in [0.05, 0.1) is 5.56 Å². The maximum absolute atomic E-state index is 9.07. The lowest BCUT2D eigenvalue weighted by Gasteiger charge is -2.38. The molecule has 1 aliphatic carbocycles. The molecule has 1 fully saturated rings. The van der Waals surface area contributed by atoms with Crippen LogP contribution in [0.2, 0.25) is 0 Å². The van der Waals surface area contributed by atoms with Crippen LogP contribution in [0.5, 0.6) is 0 Å². The fourth-order valence-corrected chi connectivity index (χ4v) is 2.09. The average Bonchev–Trinajstić information content (AvgIpc) is 2.24. The number of hydrogen-bond donors (Lipinski definition) is 1. The summed E-state index contributed by atoms with van der Waals surface area (Å²) in [7, 11) is 0. The zero-order chi connectivity index (χ0) is 11.6. The summed E-state index contributed by atoms with van der Waals surface area (Å²) >= 11 is 0. The summed E-state index contributed by atoms with van der Waals surface area (Å²) in [4.78, 5) is 4.24. The van der Waals surface area contributed by atoms with Crippen molar-refractivity contribution in [2.24, 2.45) is 5.41 Å². The molecule has 0 bridgehead atoms. The molecule has 0 spiro atoms. The van der Waals surface area contributed by atoms with Crippen LogP contribution in [-0.4, -0.2) is 11.5 Å². The summed E-state index contributed by atoms with van der Waals surface area (Å²) in [5, 5.41) is 12.4. The standard InChI is InChI=1S/C13H17N3/c1-10-4-7-15-12(11(10)8-14)16-9-13(2)5-3-6-13/h4,7H,3,5-6,9H2,1-2H3,(H,15,16). The molecule has 3 heteroatoms. The zero-order valence-electron chi connectivity index (χ0n) is 9.88. The van der Waals surface area contributed by atoms with Gasteiger partial charge >= 0.3 is 0 Å². The molecule has 84 valence electrons. The van der Waals surface area contributed by atoms with Crippen LogP contribution in [0, 0.1) is 23.7 Å². The van der Waals surface area contributed by atoms with Crippen molar-refractivity contribution in [3.8, 4) is 6.07 Å². The summed E-state index contributed by atoms with van der Waals surface area (Å²) in [5.41, 5.74) is 2.06. The molecular formula is C13H17N3. The van der Waals surface area contributed by atoms with Gasteiger partial charge < -0.3 is 5.32 Å². The highest BCUT2D eigenvalue weighted by Crippen LogP contribution is 2.40. The fourth-order valence-electron chi connectivity index (χ4n) is 2.09. The van der Waals surface area contributed by atoms with Gasteiger partial charge in [0, 0.05) is 12.7 Å². The van der Waals surface area contributed by atoms with Crippen molar-refractivity contribution in [1.82, 2.24) is 4.98 Å². The van der Waals surface area contributed by atoms with Crippen LogP contribution >= 0.6 is 0 Å². The second kappa shape index (κ2) is 4.13. The number of nitrogens with zero attached hydrogens (tertiary/aromatic N) is 2. The van der Waals surface area contributed by atoms with Crippen molar-refractivity contribution >= 4 is 5.82 Å². The molecule has 0 aliphatic heterocycles. The maximum Gasteiger partial charge on any atom is 0.144 e. The third kappa shape index (κ3) is 2.01. The fraction of sp³-hybridized carbons (Fsp3) is 0.538. The van der Waals surface area contributed by atoms with Gasteiger partial charge in [-0.05, 0) is 36.8 Å². The third-order valence-corrected chi connectivity index (χ3v) is 3.51. The normalized spacial score (nSPS) is 17.3. The molecule has 1 aromatic rings. The summed E-state index contributed by atoms with van der Waals surface area (Å²) < 4.78 is 0. The first-order chi connectivity index (χ1) is 7.64. The Labute approximate surface area is 96.5 Å². The highest BCUT2D eigenvalue weighted by Gasteiger charge is 2.31. The first-order valence-electron chi connectivity index (χ1n) is 5.74. The molecule has 1 heterocycles. The van der Waals surface area contributed by atoms with E-state index in [9.17, 15) is 0 Å². The van der Waals surface area contributed by atoms with Crippen LogP contribution < -0.4 is 5.32 Å². The van der Waals surface area contributed by atoms with Crippen molar-refractivity contribution in [3.63, 3.8) is 0 Å². The topological polar surface area (TPSA) is 48.7 Å². The predicted octanol–water partition coefficient (Wildman–Crippen LogP) is 2.86. The lowest BCUT2D eigenvalue weighted by atomic mass is 9.70. The number of pyridine rings is 1. The maximum atomic E-state index is 9.07. The van der Waals surface area contributed by atoms with Crippen LogP contribution in [-0.2, 0) is 0 Å². The number of rotatable bonds is 3. The van der Waals surface area contributed by atoms with Crippen LogP contribution in [0.25, 0.3) is 0 Å². The lowest BCUT2D eigenvalue weighted by Crippen LogP contribution is -2.33. The molecule has 0 amide bonds. The van der Waals surface area contributed by atoms with Crippen molar-refractivity contribution in [2.75, 3.05) is 11.9 Å². The van der Waals surface area contributed by atoms with E-state index in [4.69, 9.17) is 5.26 Å². The summed E-state index contributed by atoms with van der Waals surface area (Å²) in [5.74, 6) is 0.732. The Morgan fingerprint density at radius 1 is 1.56 bits per heavy atom. The molecule has 0 aromatic carbocycles. The quantitative estimate of drug-likeness (QED) is 0.843. The third-order valence-electron chi connectivity index (χ3n) is 3.51. The Morgan fingerprint density at radius 2 is 2.31 bits per heavy atom. The first kappa shape index (κ1) is 10.9. The Bertz CT molecular complexity index is 427. The van der Waals surface area contributed by atoms with Crippen LogP contribution in [0.3, 0.4) is 0 Å². The van der Waals surface area contributed by atoms with Crippen molar-refractivity contribution in [1.29, 1.82) is 5.26 Å². The number of hydrogen-bond acceptors (Lipinski definition) is 3. The number of nitrogens with one attached hydrogen (secondary N) is 1. The number of nitriles is 1. The molecular weight excluding hydrogens is 198 g/mol. The summed E-state index contributed by atoms with van der Waals surface area (Å²) in [6, 6.07) is 4.08. The van der Waals surface area contributed by atoms with Crippen molar-refractivity contribution in [2.45, 2.75) is 33.1 Å². The van der Waals surface area contributed by atoms with Gasteiger partial charge in [0.25, 0.3) is 0 Å². The average molecular weight is 215 g/mol. The second-order valence-electron chi connectivity index (χ2n) is 4.98. The van der Waals surface area contributed by atoms with Gasteiger partial charge in [-0.25, -0.2) is 4.98 Å². The molecule has 1 aromatic heterocycles. The lowest BCUT2D eigenvalue weighted by molar-refractivity contribution is 0.180. The Kier molecular flexibility index (Phi) is 2.82. The van der Waals surface area contributed by atoms with Gasteiger partial charge in [0.2, 0.25) is 0 Å². The van der Waals surface area contributed by atoms with Crippen LogP contribution in [0.1, 0.15) is 37.3 Å². The summed E-state index contributed by atoms with van der Waals surface area (Å²) in [6.07, 6.45) is 5.62. The number of aromatic nitrogens is 1. The van der Waals surface area contributed by atoms with Crippen LogP contribution in [0.4, 0.5) is 5.82 Å². The highest BCUT2D eigenvalue weighted by atomic mass is 15.0. The minimum atomic E-state index is 0.401. The summed E-state index contributed by atoms with van der Waals surface area (Å²) in [6.45, 7) is 5.14. The largest absolute Gasteiger partial charge is 0.368 e. The van der Waals surface area contributed by atoms with E-state index in [0.29, 0.717) is 11.0 Å². The molecule has 0 saturated heterocycles. The van der Waals surface area contributed by atoms with Gasteiger partial charge in [-0.2, -0.15) is 5.26 Å². The van der Waals surface area contributed by atoms with E-state index in [0.717, 1.165) is 17.9 Å². The highest BCUT2D eigenvalue weighted by molar-refractivity contribution is 5.55. The van der Waals surface area contributed by atoms with E-state index in [1.807, 2.05) is 13.0 Å². The SMILES string of the molecule is Cc1ccnc(NCC2(C)CCC2)c1C#N. The van der Waals surface area contributed by atoms with E-state index >= 15 is 0 Å². The number of anilines is 1. The zero-order valence-corrected chi connectivity index (χ0v) is 9.88. The molecule has 0 unspecified atom stereocenters. The van der Waals surface area contributed by atoms with E-state index in [-0.39, 0.29) is 0 Å². The molecule has 1 saturated carbocycles. The monoisotopic (exact) mass is 215 g/mol. The molecule has 0 atom stereocenters. The molecule has 1 N–H and O–H groups in total. The molecule has 1 aliphatic rings. The minimum Gasteiger partial charge on any atom is -0.368 e. The van der Waals surface area contributed by atoms with Crippen molar-refractivity contribution < 1.29 is 0 Å². The molecule has 16 heavy (non-hydrogen) atoms. The van der Waals surface area contributed by atoms with Gasteiger partial charge in [-0.1, -0.05) is 13.3 Å². The second-order valence-corrected chi connectivity index (χ2v) is 4.98. The van der Waals surface area contributed by atoms with E-state index in [2.05, 4.69) is 23.3 Å². The predicted molar refractivity (Wildman–Crippen MR) is 64.1 cm³/mol. The Hall–Kier alpha value is -1.56. The molecule has 2 rings (SSSR count). The molecule has 3 nitrogen and oxygen atoms in total. The van der Waals surface area contributed by atoms with Gasteiger partial charge in [0.15, 0.2) is 0 Å². The van der Waals surface area contributed by atoms with Gasteiger partial charge in [0.1, 0.15) is 11.9 Å². The van der Waals surface area contributed by atoms with Gasteiger partial charge in [-0.3, -0.25) is 0 Å². The Balaban J connectivity index is 2.10. The smallest absolute Gasteiger partial charge is 0.144 e.